The van der Waals surface area contributed by atoms with Crippen LogP contribution in [0.3, 0.4) is 0 Å². The Bertz CT molecular complexity index is 645. The molecule has 0 saturated carbocycles. The summed E-state index contributed by atoms with van der Waals surface area (Å²) in [6, 6.07) is 15.1. The van der Waals surface area contributed by atoms with Crippen LogP contribution < -0.4 is 0 Å². The second-order valence-corrected chi connectivity index (χ2v) is 5.79. The van der Waals surface area contributed by atoms with Gasteiger partial charge in [-0.3, -0.25) is 0 Å². The third-order valence-corrected chi connectivity index (χ3v) is 4.46. The van der Waals surface area contributed by atoms with E-state index in [0.29, 0.717) is 18.8 Å². The lowest BCUT2D eigenvalue weighted by Gasteiger charge is -2.43. The molecule has 2 aromatic rings. The first-order valence-electron chi connectivity index (χ1n) is 6.30. The normalized spacial score (nSPS) is 16.4. The van der Waals surface area contributed by atoms with Gasteiger partial charge in [-0.2, -0.15) is 0 Å². The number of hydrogen-bond donors (Lipinski definition) is 1. The Morgan fingerprint density at radius 2 is 1.75 bits per heavy atom. The Morgan fingerprint density at radius 3 is 2.25 bits per heavy atom. The van der Waals surface area contributed by atoms with Crippen molar-refractivity contribution in [2.24, 2.45) is 0 Å². The fourth-order valence-corrected chi connectivity index (χ4v) is 3.23. The predicted octanol–water partition coefficient (Wildman–Crippen LogP) is 3.46. The Balaban J connectivity index is 2.05. The number of aromatic carboxylic acids is 1. The second-order valence-electron chi connectivity index (χ2n) is 4.94. The molecule has 1 aliphatic heterocycles. The summed E-state index contributed by atoms with van der Waals surface area (Å²) in [5.41, 5.74) is 2.38. The number of carbonyl (C=O) groups is 1. The highest BCUT2D eigenvalue weighted by atomic mass is 79.9. The zero-order chi connectivity index (χ0) is 14.2. The second kappa shape index (κ2) is 5.04. The predicted molar refractivity (Wildman–Crippen MR) is 79.1 cm³/mol. The molecule has 0 aromatic heterocycles. The van der Waals surface area contributed by atoms with E-state index in [4.69, 9.17) is 9.84 Å². The molecule has 102 valence electrons. The van der Waals surface area contributed by atoms with Crippen LogP contribution in [0.4, 0.5) is 0 Å². The van der Waals surface area contributed by atoms with Crippen molar-refractivity contribution in [3.63, 3.8) is 0 Å². The fraction of sp³-hybridized carbons (Fsp3) is 0.188. The fourth-order valence-electron chi connectivity index (χ4n) is 2.57. The molecule has 0 bridgehead atoms. The van der Waals surface area contributed by atoms with Gasteiger partial charge in [0.1, 0.15) is 0 Å². The van der Waals surface area contributed by atoms with Crippen molar-refractivity contribution in [2.45, 2.75) is 5.41 Å². The molecule has 0 spiro atoms. The summed E-state index contributed by atoms with van der Waals surface area (Å²) in [5.74, 6) is -0.906. The highest BCUT2D eigenvalue weighted by molar-refractivity contribution is 9.10. The highest BCUT2D eigenvalue weighted by Crippen LogP contribution is 2.42. The molecule has 1 heterocycles. The first-order valence-corrected chi connectivity index (χ1v) is 7.09. The quantitative estimate of drug-likeness (QED) is 0.936. The van der Waals surface area contributed by atoms with Gasteiger partial charge < -0.3 is 9.84 Å². The van der Waals surface area contributed by atoms with E-state index in [0.717, 1.165) is 10.0 Å². The minimum atomic E-state index is -0.906. The van der Waals surface area contributed by atoms with Crippen LogP contribution in [0.25, 0.3) is 0 Å². The molecule has 0 radical (unpaired) electrons. The molecular formula is C16H13BrO3. The maximum Gasteiger partial charge on any atom is 0.335 e. The molecule has 0 amide bonds. The van der Waals surface area contributed by atoms with E-state index in [1.807, 2.05) is 30.3 Å². The lowest BCUT2D eigenvalue weighted by Crippen LogP contribution is -2.47. The number of carboxylic acid groups (broad SMARTS) is 1. The van der Waals surface area contributed by atoms with Crippen LogP contribution in [-0.2, 0) is 10.2 Å². The minimum absolute atomic E-state index is 0.183. The first-order chi connectivity index (χ1) is 9.63. The van der Waals surface area contributed by atoms with Gasteiger partial charge in [-0.25, -0.2) is 4.79 Å². The summed E-state index contributed by atoms with van der Waals surface area (Å²) in [4.78, 5) is 10.9. The lowest BCUT2D eigenvalue weighted by atomic mass is 9.73. The molecule has 1 N–H and O–H groups in total. The Labute approximate surface area is 125 Å². The van der Waals surface area contributed by atoms with E-state index >= 15 is 0 Å². The summed E-state index contributed by atoms with van der Waals surface area (Å²) >= 11 is 3.59. The van der Waals surface area contributed by atoms with E-state index in [2.05, 4.69) is 22.0 Å². The lowest BCUT2D eigenvalue weighted by molar-refractivity contribution is -0.0383. The maximum absolute atomic E-state index is 10.9. The maximum atomic E-state index is 10.9. The van der Waals surface area contributed by atoms with Crippen LogP contribution in [0.5, 0.6) is 0 Å². The summed E-state index contributed by atoms with van der Waals surface area (Å²) in [6.45, 7) is 1.23. The number of benzene rings is 2. The zero-order valence-corrected chi connectivity index (χ0v) is 12.3. The molecule has 0 unspecified atom stereocenters. The Kier molecular flexibility index (Phi) is 3.36. The van der Waals surface area contributed by atoms with Gasteiger partial charge in [-0.15, -0.1) is 0 Å². The monoisotopic (exact) mass is 332 g/mol. The standard InChI is InChI=1S/C16H13BrO3/c17-14-4-2-1-3-13(14)16(9-20-10-16)12-7-5-11(6-8-12)15(18)19/h1-8H,9-10H2,(H,18,19). The number of halogens is 1. The van der Waals surface area contributed by atoms with Crippen molar-refractivity contribution in [1.29, 1.82) is 0 Å². The largest absolute Gasteiger partial charge is 0.478 e. The molecule has 0 atom stereocenters. The van der Waals surface area contributed by atoms with Crippen molar-refractivity contribution >= 4 is 21.9 Å². The molecule has 0 aliphatic carbocycles. The van der Waals surface area contributed by atoms with Gasteiger partial charge in [-0.05, 0) is 29.3 Å². The van der Waals surface area contributed by atoms with E-state index in [1.165, 1.54) is 5.56 Å². The van der Waals surface area contributed by atoms with Crippen LogP contribution in [0.2, 0.25) is 0 Å². The third kappa shape index (κ3) is 2.05. The van der Waals surface area contributed by atoms with Crippen LogP contribution in [-0.4, -0.2) is 24.3 Å². The van der Waals surface area contributed by atoms with Crippen LogP contribution in [0.1, 0.15) is 21.5 Å². The summed E-state index contributed by atoms with van der Waals surface area (Å²) < 4.78 is 6.49. The minimum Gasteiger partial charge on any atom is -0.478 e. The van der Waals surface area contributed by atoms with Gasteiger partial charge in [0.15, 0.2) is 0 Å². The summed E-state index contributed by atoms with van der Waals surface area (Å²) in [5, 5.41) is 8.98. The molecule has 1 fully saturated rings. The van der Waals surface area contributed by atoms with E-state index < -0.39 is 5.97 Å². The number of rotatable bonds is 3. The summed E-state index contributed by atoms with van der Waals surface area (Å²) in [7, 11) is 0. The molecular weight excluding hydrogens is 320 g/mol. The van der Waals surface area contributed by atoms with E-state index in [1.54, 1.807) is 12.1 Å². The average Bonchev–Trinajstić information content (AvgIpc) is 2.40. The van der Waals surface area contributed by atoms with E-state index in [9.17, 15) is 4.79 Å². The van der Waals surface area contributed by atoms with Crippen molar-refractivity contribution < 1.29 is 14.6 Å². The number of hydrogen-bond acceptors (Lipinski definition) is 2. The van der Waals surface area contributed by atoms with Crippen LogP contribution >= 0.6 is 15.9 Å². The topological polar surface area (TPSA) is 46.5 Å². The van der Waals surface area contributed by atoms with Crippen molar-refractivity contribution in [3.05, 3.63) is 69.7 Å². The van der Waals surface area contributed by atoms with Crippen LogP contribution in [0, 0.1) is 0 Å². The average molecular weight is 333 g/mol. The number of carboxylic acids is 1. The van der Waals surface area contributed by atoms with Gasteiger partial charge in [0, 0.05) is 4.47 Å². The van der Waals surface area contributed by atoms with E-state index in [-0.39, 0.29) is 5.41 Å². The first kappa shape index (κ1) is 13.3. The van der Waals surface area contributed by atoms with Gasteiger partial charge in [0.05, 0.1) is 24.2 Å². The molecule has 4 heteroatoms. The third-order valence-electron chi connectivity index (χ3n) is 3.77. The van der Waals surface area contributed by atoms with Crippen molar-refractivity contribution in [3.8, 4) is 0 Å². The van der Waals surface area contributed by atoms with Gasteiger partial charge in [0.25, 0.3) is 0 Å². The zero-order valence-electron chi connectivity index (χ0n) is 10.7. The van der Waals surface area contributed by atoms with Gasteiger partial charge in [-0.1, -0.05) is 46.3 Å². The van der Waals surface area contributed by atoms with Crippen LogP contribution in [0.15, 0.2) is 53.0 Å². The molecule has 1 saturated heterocycles. The summed E-state index contributed by atoms with van der Waals surface area (Å²) in [6.07, 6.45) is 0. The van der Waals surface area contributed by atoms with Gasteiger partial charge in [0.2, 0.25) is 0 Å². The molecule has 3 rings (SSSR count). The molecule has 1 aliphatic rings. The SMILES string of the molecule is O=C(O)c1ccc(C2(c3ccccc3Br)COC2)cc1. The Morgan fingerprint density at radius 1 is 1.10 bits per heavy atom. The number of ether oxygens (including phenoxy) is 1. The van der Waals surface area contributed by atoms with Gasteiger partial charge >= 0.3 is 5.97 Å². The Hall–Kier alpha value is -1.65. The van der Waals surface area contributed by atoms with Crippen molar-refractivity contribution in [2.75, 3.05) is 13.2 Å². The molecule has 20 heavy (non-hydrogen) atoms. The molecule has 3 nitrogen and oxygen atoms in total. The highest BCUT2D eigenvalue weighted by Gasteiger charge is 2.43. The van der Waals surface area contributed by atoms with Crippen molar-refractivity contribution in [1.82, 2.24) is 0 Å². The molecule has 2 aromatic carbocycles. The smallest absolute Gasteiger partial charge is 0.335 e.